The number of ether oxygens (including phenoxy) is 1. The van der Waals surface area contributed by atoms with Crippen molar-refractivity contribution in [2.24, 2.45) is 0 Å². The van der Waals surface area contributed by atoms with Crippen molar-refractivity contribution < 1.29 is 17.9 Å². The van der Waals surface area contributed by atoms with Crippen LogP contribution >= 0.6 is 11.3 Å². The molecule has 3 aromatic rings. The summed E-state index contributed by atoms with van der Waals surface area (Å²) in [5.41, 5.74) is 2.45. The Kier molecular flexibility index (Phi) is 6.45. The van der Waals surface area contributed by atoms with Gasteiger partial charge in [-0.2, -0.15) is 4.31 Å². The van der Waals surface area contributed by atoms with Gasteiger partial charge in [0.05, 0.1) is 23.7 Å². The molecule has 8 nitrogen and oxygen atoms in total. The smallest absolute Gasteiger partial charge is 0.325 e. The van der Waals surface area contributed by atoms with Crippen LogP contribution in [0.25, 0.3) is 0 Å². The Morgan fingerprint density at radius 3 is 2.53 bits per heavy atom. The van der Waals surface area contributed by atoms with Gasteiger partial charge in [0.15, 0.2) is 5.13 Å². The molecule has 0 saturated heterocycles. The van der Waals surface area contributed by atoms with Gasteiger partial charge in [-0.25, -0.2) is 18.2 Å². The van der Waals surface area contributed by atoms with Crippen LogP contribution in [0.1, 0.15) is 23.1 Å². The minimum absolute atomic E-state index is 0.241. The van der Waals surface area contributed by atoms with Gasteiger partial charge < -0.3 is 10.1 Å². The lowest BCUT2D eigenvalue weighted by atomic mass is 10.2. The molecule has 1 aromatic heterocycles. The molecule has 10 heteroatoms. The lowest BCUT2D eigenvalue weighted by molar-refractivity contribution is 0.262. The number of rotatable bonds is 6. The fraction of sp³-hybridized carbons (Fsp3) is 0.273. The van der Waals surface area contributed by atoms with Gasteiger partial charge in [-0.05, 0) is 50.2 Å². The number of thiazole rings is 1. The first-order valence-electron chi connectivity index (χ1n) is 10.2. The minimum atomic E-state index is -3.58. The number of amides is 2. The first-order valence-corrected chi connectivity index (χ1v) is 12.5. The molecule has 2 N–H and O–H groups in total. The summed E-state index contributed by atoms with van der Waals surface area (Å²) in [5, 5.41) is 5.93. The van der Waals surface area contributed by atoms with Gasteiger partial charge in [-0.3, -0.25) is 5.32 Å². The highest BCUT2D eigenvalue weighted by atomic mass is 32.2. The third-order valence-electron chi connectivity index (χ3n) is 5.00. The number of anilines is 2. The molecule has 1 aliphatic rings. The van der Waals surface area contributed by atoms with Crippen molar-refractivity contribution in [2.75, 3.05) is 23.8 Å². The fourth-order valence-electron chi connectivity index (χ4n) is 3.35. The molecule has 168 valence electrons. The van der Waals surface area contributed by atoms with Crippen LogP contribution in [0.5, 0.6) is 5.75 Å². The number of aromatic nitrogens is 1. The lowest BCUT2D eigenvalue weighted by Crippen LogP contribution is -2.35. The van der Waals surface area contributed by atoms with Crippen LogP contribution < -0.4 is 15.4 Å². The number of urea groups is 1. The number of aryl methyl sites for hydroxylation is 1. The van der Waals surface area contributed by atoms with Crippen LogP contribution in [0.3, 0.4) is 0 Å². The van der Waals surface area contributed by atoms with E-state index in [1.54, 1.807) is 48.5 Å². The average molecular weight is 473 g/mol. The summed E-state index contributed by atoms with van der Waals surface area (Å²) in [4.78, 5) is 17.9. The Labute approximate surface area is 191 Å². The molecule has 4 rings (SSSR count). The maximum atomic E-state index is 13.0. The number of benzene rings is 2. The number of carbonyl (C=O) groups is 1. The number of hydrogen-bond acceptors (Lipinski definition) is 6. The van der Waals surface area contributed by atoms with E-state index >= 15 is 0 Å². The molecule has 0 fully saturated rings. The predicted molar refractivity (Wildman–Crippen MR) is 125 cm³/mol. The molecule has 0 spiro atoms. The van der Waals surface area contributed by atoms with Crippen LogP contribution in [-0.4, -0.2) is 36.9 Å². The third-order valence-corrected chi connectivity index (χ3v) is 7.86. The average Bonchev–Trinajstić information content (AvgIpc) is 3.17. The zero-order valence-electron chi connectivity index (χ0n) is 17.8. The molecule has 2 heterocycles. The first-order chi connectivity index (χ1) is 15.3. The summed E-state index contributed by atoms with van der Waals surface area (Å²) < 4.78 is 32.8. The molecule has 32 heavy (non-hydrogen) atoms. The van der Waals surface area contributed by atoms with Crippen molar-refractivity contribution in [3.63, 3.8) is 0 Å². The van der Waals surface area contributed by atoms with Gasteiger partial charge in [0.25, 0.3) is 0 Å². The Morgan fingerprint density at radius 2 is 1.84 bits per heavy atom. The van der Waals surface area contributed by atoms with Gasteiger partial charge in [-0.1, -0.05) is 29.0 Å². The largest absolute Gasteiger partial charge is 0.494 e. The summed E-state index contributed by atoms with van der Waals surface area (Å²) in [7, 11) is -3.58. The standard InChI is InChI=1S/C22H24N4O4S2/c1-3-30-17-8-6-16(7-9-17)23-21(27)25-22-24-19-12-13-26(14-20(19)31-22)32(28,29)18-10-4-15(2)5-11-18/h4-11H,3,12-14H2,1-2H3,(H2,23,24,25,27). The maximum Gasteiger partial charge on any atom is 0.325 e. The first kappa shape index (κ1) is 22.3. The second kappa shape index (κ2) is 9.27. The van der Waals surface area contributed by atoms with E-state index in [9.17, 15) is 13.2 Å². The Hall–Kier alpha value is -2.95. The molecule has 0 bridgehead atoms. The summed E-state index contributed by atoms with van der Waals surface area (Å²) >= 11 is 1.29. The van der Waals surface area contributed by atoms with Crippen molar-refractivity contribution in [3.8, 4) is 5.75 Å². The normalized spacial score (nSPS) is 13.9. The topological polar surface area (TPSA) is 101 Å². The molecular weight excluding hydrogens is 448 g/mol. The Balaban J connectivity index is 1.40. The highest BCUT2D eigenvalue weighted by Crippen LogP contribution is 2.31. The lowest BCUT2D eigenvalue weighted by Gasteiger charge is -2.25. The number of nitrogens with zero attached hydrogens (tertiary/aromatic N) is 2. The van der Waals surface area contributed by atoms with E-state index in [0.29, 0.717) is 30.4 Å². The fourth-order valence-corrected chi connectivity index (χ4v) is 5.86. The number of fused-ring (bicyclic) bond motifs is 1. The summed E-state index contributed by atoms with van der Waals surface area (Å²) in [6.07, 6.45) is 0.499. The maximum absolute atomic E-state index is 13.0. The number of carbonyl (C=O) groups excluding carboxylic acids is 1. The predicted octanol–water partition coefficient (Wildman–Crippen LogP) is 4.24. The van der Waals surface area contributed by atoms with E-state index in [1.807, 2.05) is 13.8 Å². The number of sulfonamides is 1. The molecule has 0 radical (unpaired) electrons. The highest BCUT2D eigenvalue weighted by molar-refractivity contribution is 7.89. The SMILES string of the molecule is CCOc1ccc(NC(=O)Nc2nc3c(s2)CN(S(=O)(=O)c2ccc(C)cc2)CC3)cc1. The van der Waals surface area contributed by atoms with Crippen molar-refractivity contribution in [2.45, 2.75) is 31.7 Å². The summed E-state index contributed by atoms with van der Waals surface area (Å²) in [6, 6.07) is 13.5. The van der Waals surface area contributed by atoms with Gasteiger partial charge in [0.2, 0.25) is 10.0 Å². The van der Waals surface area contributed by atoms with Crippen LogP contribution in [-0.2, 0) is 23.0 Å². The molecule has 1 aliphatic heterocycles. The van der Waals surface area contributed by atoms with E-state index in [-0.39, 0.29) is 11.4 Å². The van der Waals surface area contributed by atoms with Crippen molar-refractivity contribution in [3.05, 3.63) is 64.7 Å². The van der Waals surface area contributed by atoms with E-state index < -0.39 is 16.1 Å². The molecule has 2 amide bonds. The van der Waals surface area contributed by atoms with Gasteiger partial charge in [0, 0.05) is 23.5 Å². The quantitative estimate of drug-likeness (QED) is 0.559. The van der Waals surface area contributed by atoms with Crippen LogP contribution in [0.4, 0.5) is 15.6 Å². The van der Waals surface area contributed by atoms with Crippen LogP contribution in [0.2, 0.25) is 0 Å². The molecule has 0 aliphatic carbocycles. The molecule has 0 unspecified atom stereocenters. The summed E-state index contributed by atoms with van der Waals surface area (Å²) in [6.45, 7) is 4.99. The zero-order chi connectivity index (χ0) is 22.7. The molecule has 0 saturated carbocycles. The number of nitrogens with one attached hydrogen (secondary N) is 2. The molecular formula is C22H24N4O4S2. The van der Waals surface area contributed by atoms with E-state index in [4.69, 9.17) is 4.74 Å². The highest BCUT2D eigenvalue weighted by Gasteiger charge is 2.30. The second-order valence-electron chi connectivity index (χ2n) is 7.33. The van der Waals surface area contributed by atoms with E-state index in [0.717, 1.165) is 21.9 Å². The Morgan fingerprint density at radius 1 is 1.12 bits per heavy atom. The van der Waals surface area contributed by atoms with Crippen molar-refractivity contribution in [1.82, 2.24) is 9.29 Å². The zero-order valence-corrected chi connectivity index (χ0v) is 19.4. The van der Waals surface area contributed by atoms with Crippen LogP contribution in [0, 0.1) is 6.92 Å². The minimum Gasteiger partial charge on any atom is -0.494 e. The van der Waals surface area contributed by atoms with E-state index in [1.165, 1.54) is 15.6 Å². The van der Waals surface area contributed by atoms with Crippen molar-refractivity contribution in [1.29, 1.82) is 0 Å². The van der Waals surface area contributed by atoms with Gasteiger partial charge in [0.1, 0.15) is 5.75 Å². The Bertz CT molecular complexity index is 1210. The monoisotopic (exact) mass is 472 g/mol. The summed E-state index contributed by atoms with van der Waals surface area (Å²) in [5.74, 6) is 0.733. The van der Waals surface area contributed by atoms with Gasteiger partial charge in [-0.15, -0.1) is 0 Å². The number of hydrogen-bond donors (Lipinski definition) is 2. The third kappa shape index (κ3) is 4.93. The molecule has 0 atom stereocenters. The second-order valence-corrected chi connectivity index (χ2v) is 10.3. The van der Waals surface area contributed by atoms with E-state index in [2.05, 4.69) is 15.6 Å². The van der Waals surface area contributed by atoms with Crippen LogP contribution in [0.15, 0.2) is 53.4 Å². The van der Waals surface area contributed by atoms with Crippen molar-refractivity contribution >= 4 is 38.2 Å². The molecule has 2 aromatic carbocycles. The van der Waals surface area contributed by atoms with Gasteiger partial charge >= 0.3 is 6.03 Å².